The van der Waals surface area contributed by atoms with Crippen molar-refractivity contribution in [1.82, 2.24) is 10.6 Å². The molecular formula is C20H23ClN2O2. The van der Waals surface area contributed by atoms with Gasteiger partial charge >= 0.3 is 0 Å². The molecule has 0 fully saturated rings. The van der Waals surface area contributed by atoms with E-state index in [9.17, 15) is 4.79 Å². The van der Waals surface area contributed by atoms with Crippen LogP contribution in [-0.4, -0.2) is 26.1 Å². The zero-order valence-corrected chi connectivity index (χ0v) is 15.1. The summed E-state index contributed by atoms with van der Waals surface area (Å²) in [5, 5.41) is 7.09. The molecule has 4 nitrogen and oxygen atoms in total. The first-order chi connectivity index (χ1) is 12.2. The fourth-order valence-electron chi connectivity index (χ4n) is 3.20. The van der Waals surface area contributed by atoms with Crippen molar-refractivity contribution in [2.24, 2.45) is 0 Å². The molecule has 132 valence electrons. The number of rotatable bonds is 6. The molecule has 0 bridgehead atoms. The highest BCUT2D eigenvalue weighted by molar-refractivity contribution is 6.32. The summed E-state index contributed by atoms with van der Waals surface area (Å²) >= 11 is 6.12. The van der Waals surface area contributed by atoms with Crippen molar-refractivity contribution in [2.75, 3.05) is 20.2 Å². The molecule has 2 N–H and O–H groups in total. The number of halogens is 1. The Labute approximate surface area is 153 Å². The third-order valence-corrected chi connectivity index (χ3v) is 4.87. The highest BCUT2D eigenvalue weighted by Gasteiger charge is 2.19. The van der Waals surface area contributed by atoms with Gasteiger partial charge in [0.1, 0.15) is 5.75 Å². The molecule has 0 aliphatic carbocycles. The molecule has 5 heteroatoms. The molecule has 2 aromatic rings. The molecule has 1 unspecified atom stereocenters. The van der Waals surface area contributed by atoms with Gasteiger partial charge in [0.05, 0.1) is 12.1 Å². The Bertz CT molecular complexity index is 748. The highest BCUT2D eigenvalue weighted by atomic mass is 35.5. The van der Waals surface area contributed by atoms with Gasteiger partial charge in [-0.25, -0.2) is 0 Å². The van der Waals surface area contributed by atoms with Crippen LogP contribution in [0.15, 0.2) is 42.5 Å². The Kier molecular flexibility index (Phi) is 5.95. The van der Waals surface area contributed by atoms with Crippen LogP contribution in [0.2, 0.25) is 5.02 Å². The van der Waals surface area contributed by atoms with Crippen LogP contribution in [0.3, 0.4) is 0 Å². The molecule has 1 heterocycles. The van der Waals surface area contributed by atoms with Crippen LogP contribution in [0.4, 0.5) is 0 Å². The Morgan fingerprint density at radius 2 is 2.16 bits per heavy atom. The molecule has 1 aliphatic rings. The molecule has 0 radical (unpaired) electrons. The molecule has 25 heavy (non-hydrogen) atoms. The van der Waals surface area contributed by atoms with Crippen LogP contribution in [0.25, 0.3) is 0 Å². The summed E-state index contributed by atoms with van der Waals surface area (Å²) in [6.45, 7) is 1.56. The first kappa shape index (κ1) is 17.8. The number of aryl methyl sites for hydroxylation is 1. The Balaban J connectivity index is 1.50. The van der Waals surface area contributed by atoms with E-state index in [1.165, 1.54) is 11.1 Å². The summed E-state index contributed by atoms with van der Waals surface area (Å²) in [5.41, 5.74) is 3.69. The second-order valence-corrected chi connectivity index (χ2v) is 6.64. The smallest absolute Gasteiger partial charge is 0.220 e. The number of ether oxygens (including phenoxy) is 1. The molecule has 0 aromatic heterocycles. The van der Waals surface area contributed by atoms with Crippen molar-refractivity contribution >= 4 is 17.5 Å². The van der Waals surface area contributed by atoms with Gasteiger partial charge in [0, 0.05) is 19.0 Å². The van der Waals surface area contributed by atoms with Crippen LogP contribution in [0.5, 0.6) is 5.75 Å². The van der Waals surface area contributed by atoms with Crippen LogP contribution in [-0.2, 0) is 17.6 Å². The second kappa shape index (κ2) is 8.37. The molecular weight excluding hydrogens is 336 g/mol. The van der Waals surface area contributed by atoms with E-state index in [-0.39, 0.29) is 11.9 Å². The first-order valence-corrected chi connectivity index (χ1v) is 8.95. The Morgan fingerprint density at radius 1 is 1.32 bits per heavy atom. The third kappa shape index (κ3) is 4.53. The summed E-state index contributed by atoms with van der Waals surface area (Å²) in [6.07, 6.45) is 2.14. The van der Waals surface area contributed by atoms with Gasteiger partial charge < -0.3 is 15.4 Å². The van der Waals surface area contributed by atoms with Gasteiger partial charge in [-0.15, -0.1) is 0 Å². The summed E-state index contributed by atoms with van der Waals surface area (Å²) in [4.78, 5) is 12.2. The minimum absolute atomic E-state index is 0.0526. The molecule has 2 aromatic carbocycles. The van der Waals surface area contributed by atoms with Gasteiger partial charge in [-0.3, -0.25) is 4.79 Å². The summed E-state index contributed by atoms with van der Waals surface area (Å²) in [7, 11) is 1.59. The van der Waals surface area contributed by atoms with E-state index in [4.69, 9.17) is 16.3 Å². The standard InChI is InChI=1S/C20H23ClN2O2/c1-25-19-8-6-14(12-17(19)21)7-9-20(24)23-13-18-16-5-3-2-4-15(16)10-11-22-18/h2-6,8,12,18,22H,7,9-11,13H2,1H3,(H,23,24). The summed E-state index contributed by atoms with van der Waals surface area (Å²) in [5.74, 6) is 0.703. The zero-order valence-electron chi connectivity index (χ0n) is 14.3. The fourth-order valence-corrected chi connectivity index (χ4v) is 3.48. The van der Waals surface area contributed by atoms with E-state index < -0.39 is 0 Å². The Morgan fingerprint density at radius 3 is 2.96 bits per heavy atom. The molecule has 1 aliphatic heterocycles. The number of hydrogen-bond acceptors (Lipinski definition) is 3. The van der Waals surface area contributed by atoms with Crippen molar-refractivity contribution < 1.29 is 9.53 Å². The van der Waals surface area contributed by atoms with Gasteiger partial charge in [-0.05, 0) is 48.2 Å². The predicted molar refractivity (Wildman–Crippen MR) is 100 cm³/mol. The quantitative estimate of drug-likeness (QED) is 0.833. The molecule has 0 spiro atoms. The van der Waals surface area contributed by atoms with Gasteiger partial charge in [-0.1, -0.05) is 41.9 Å². The zero-order chi connectivity index (χ0) is 17.6. The number of amides is 1. The van der Waals surface area contributed by atoms with Crippen molar-refractivity contribution in [2.45, 2.75) is 25.3 Å². The van der Waals surface area contributed by atoms with Gasteiger partial charge in [0.25, 0.3) is 0 Å². The van der Waals surface area contributed by atoms with Gasteiger partial charge in [-0.2, -0.15) is 0 Å². The lowest BCUT2D eigenvalue weighted by atomic mass is 9.94. The average molecular weight is 359 g/mol. The lowest BCUT2D eigenvalue weighted by Gasteiger charge is -2.27. The largest absolute Gasteiger partial charge is 0.495 e. The number of hydrogen-bond donors (Lipinski definition) is 2. The molecule has 1 amide bonds. The Hall–Kier alpha value is -2.04. The SMILES string of the molecule is COc1ccc(CCC(=O)NCC2NCCc3ccccc32)cc1Cl. The highest BCUT2D eigenvalue weighted by Crippen LogP contribution is 2.25. The van der Waals surface area contributed by atoms with Crippen molar-refractivity contribution in [3.8, 4) is 5.75 Å². The molecule has 1 atom stereocenters. The van der Waals surface area contributed by atoms with E-state index in [1.807, 2.05) is 24.3 Å². The van der Waals surface area contributed by atoms with Gasteiger partial charge in [0.2, 0.25) is 5.91 Å². The second-order valence-electron chi connectivity index (χ2n) is 6.23. The minimum Gasteiger partial charge on any atom is -0.495 e. The lowest BCUT2D eigenvalue weighted by molar-refractivity contribution is -0.121. The monoisotopic (exact) mass is 358 g/mol. The number of nitrogens with one attached hydrogen (secondary N) is 2. The van der Waals surface area contributed by atoms with Crippen LogP contribution in [0, 0.1) is 0 Å². The first-order valence-electron chi connectivity index (χ1n) is 8.57. The molecule has 3 rings (SSSR count). The average Bonchev–Trinajstić information content (AvgIpc) is 2.64. The number of methoxy groups -OCH3 is 1. The lowest BCUT2D eigenvalue weighted by Crippen LogP contribution is -2.38. The summed E-state index contributed by atoms with van der Waals surface area (Å²) in [6, 6.07) is 14.2. The number of carbonyl (C=O) groups excluding carboxylic acids is 1. The molecule has 0 saturated heterocycles. The topological polar surface area (TPSA) is 50.4 Å². The summed E-state index contributed by atoms with van der Waals surface area (Å²) < 4.78 is 5.14. The minimum atomic E-state index is 0.0526. The van der Waals surface area contributed by atoms with Crippen molar-refractivity contribution in [3.05, 3.63) is 64.2 Å². The maximum atomic E-state index is 12.2. The number of carbonyl (C=O) groups is 1. The van der Waals surface area contributed by atoms with E-state index >= 15 is 0 Å². The number of benzene rings is 2. The maximum absolute atomic E-state index is 12.2. The van der Waals surface area contributed by atoms with E-state index in [0.29, 0.717) is 30.2 Å². The fraction of sp³-hybridized carbons (Fsp3) is 0.350. The van der Waals surface area contributed by atoms with Crippen molar-refractivity contribution in [1.29, 1.82) is 0 Å². The van der Waals surface area contributed by atoms with E-state index in [1.54, 1.807) is 7.11 Å². The normalized spacial score (nSPS) is 16.2. The maximum Gasteiger partial charge on any atom is 0.220 e. The molecule has 0 saturated carbocycles. The van der Waals surface area contributed by atoms with Crippen LogP contribution in [0.1, 0.15) is 29.2 Å². The van der Waals surface area contributed by atoms with Crippen LogP contribution < -0.4 is 15.4 Å². The van der Waals surface area contributed by atoms with Gasteiger partial charge in [0.15, 0.2) is 0 Å². The predicted octanol–water partition coefficient (Wildman–Crippen LogP) is 3.28. The van der Waals surface area contributed by atoms with Crippen molar-refractivity contribution in [3.63, 3.8) is 0 Å². The van der Waals surface area contributed by atoms with Crippen LogP contribution >= 0.6 is 11.6 Å². The van der Waals surface area contributed by atoms with E-state index in [2.05, 4.69) is 28.8 Å². The number of fused-ring (bicyclic) bond motifs is 1. The third-order valence-electron chi connectivity index (χ3n) is 4.58. The van der Waals surface area contributed by atoms with E-state index in [0.717, 1.165) is 18.5 Å².